The van der Waals surface area contributed by atoms with E-state index in [4.69, 9.17) is 5.02 Å². The van der Waals surface area contributed by atoms with Crippen LogP contribution in [0.5, 0.6) is 0 Å². The molecule has 0 aromatic heterocycles. The molecule has 4 heteroatoms. The van der Waals surface area contributed by atoms with E-state index in [1.165, 1.54) is 20.1 Å². The Morgan fingerprint density at radius 3 is 2.60 bits per heavy atom. The summed E-state index contributed by atoms with van der Waals surface area (Å²) in [6.07, 6.45) is 1.21. The Balaban J connectivity index is 4.08. The predicted molar refractivity (Wildman–Crippen MR) is 39.0 cm³/mol. The van der Waals surface area contributed by atoms with Crippen molar-refractivity contribution in [2.45, 2.75) is 6.92 Å². The van der Waals surface area contributed by atoms with Gasteiger partial charge in [-0.05, 0) is 6.92 Å². The van der Waals surface area contributed by atoms with E-state index in [9.17, 15) is 4.39 Å². The molecule has 0 radical (unpaired) electrons. The molecule has 0 unspecified atom stereocenters. The highest BCUT2D eigenvalue weighted by Crippen LogP contribution is 2.10. The molecule has 0 saturated heterocycles. The molecule has 2 nitrogen and oxygen atoms in total. The Morgan fingerprint density at radius 2 is 2.30 bits per heavy atom. The third-order valence-electron chi connectivity index (χ3n) is 1.08. The quantitative estimate of drug-likeness (QED) is 0.474. The van der Waals surface area contributed by atoms with Crippen molar-refractivity contribution in [3.8, 4) is 0 Å². The van der Waals surface area contributed by atoms with E-state index in [1.807, 2.05) is 0 Å². The molecule has 10 heavy (non-hydrogen) atoms. The molecule has 0 aliphatic rings. The normalized spacial score (nSPS) is 11.4. The molecule has 0 heterocycles. The summed E-state index contributed by atoms with van der Waals surface area (Å²) < 4.78 is 16.9. The summed E-state index contributed by atoms with van der Waals surface area (Å²) in [6.45, 7) is 4.79. The first-order chi connectivity index (χ1) is 4.63. The molecular weight excluding hydrogens is 134 g/mol. The minimum Gasteiger partial charge on any atom is -0.423 e. The minimum absolute atomic E-state index is 0.0509. The highest BCUT2D eigenvalue weighted by molar-refractivity contribution is 6.53. The monoisotopic (exact) mass is 144 g/mol. The molecule has 0 spiro atoms. The predicted octanol–water partition coefficient (Wildman–Crippen LogP) is 1.08. The second kappa shape index (κ2) is 4.25. The van der Waals surface area contributed by atoms with E-state index < -0.39 is 12.9 Å². The van der Waals surface area contributed by atoms with Crippen molar-refractivity contribution < 1.29 is 14.1 Å². The van der Waals surface area contributed by atoms with Gasteiger partial charge in [-0.2, -0.15) is 0 Å². The van der Waals surface area contributed by atoms with Gasteiger partial charge in [0.1, 0.15) is 5.83 Å². The molecule has 0 aromatic rings. The van der Waals surface area contributed by atoms with E-state index >= 15 is 0 Å². The highest BCUT2D eigenvalue weighted by Gasteiger charge is 2.18. The second-order valence-electron chi connectivity index (χ2n) is 1.75. The van der Waals surface area contributed by atoms with Crippen molar-refractivity contribution in [3.63, 3.8) is 0 Å². The van der Waals surface area contributed by atoms with Gasteiger partial charge in [0.05, 0.1) is 0 Å². The van der Waals surface area contributed by atoms with Crippen molar-refractivity contribution in [2.75, 3.05) is 7.11 Å². The highest BCUT2D eigenvalue weighted by atomic mass is 19.1. The SMILES string of the molecule is C=C(B(O)OC)/C(F)=C\C. The lowest BCUT2D eigenvalue weighted by Gasteiger charge is -2.03. The van der Waals surface area contributed by atoms with Crippen molar-refractivity contribution in [2.24, 2.45) is 0 Å². The van der Waals surface area contributed by atoms with Crippen LogP contribution in [0.1, 0.15) is 6.92 Å². The number of hydrogen-bond acceptors (Lipinski definition) is 2. The fourth-order valence-electron chi connectivity index (χ4n) is 0.446. The van der Waals surface area contributed by atoms with E-state index in [0.29, 0.717) is 0 Å². The van der Waals surface area contributed by atoms with Crippen molar-refractivity contribution in [1.82, 2.24) is 0 Å². The van der Waals surface area contributed by atoms with Crippen LogP contribution < -0.4 is 0 Å². The maximum atomic E-state index is 12.5. The van der Waals surface area contributed by atoms with Gasteiger partial charge >= 0.3 is 7.12 Å². The zero-order chi connectivity index (χ0) is 8.15. The summed E-state index contributed by atoms with van der Waals surface area (Å²) in [5, 5.41) is 8.83. The molecule has 0 aliphatic carbocycles. The van der Waals surface area contributed by atoms with Crippen LogP contribution in [0.15, 0.2) is 24.0 Å². The van der Waals surface area contributed by atoms with E-state index in [0.717, 1.165) is 0 Å². The molecular formula is C6H10BFO2. The lowest BCUT2D eigenvalue weighted by Crippen LogP contribution is -2.18. The summed E-state index contributed by atoms with van der Waals surface area (Å²) >= 11 is 0. The number of hydrogen-bond donors (Lipinski definition) is 1. The standard InChI is InChI=1S/C6H10BFO2/c1-4-6(8)5(2)7(9)10-3/h4,9H,2H2,1,3H3/b6-4+. The third-order valence-corrected chi connectivity index (χ3v) is 1.08. The molecule has 0 bridgehead atoms. The van der Waals surface area contributed by atoms with Gasteiger partial charge in [-0.1, -0.05) is 12.7 Å². The van der Waals surface area contributed by atoms with Crippen LogP contribution in [-0.2, 0) is 4.65 Å². The maximum Gasteiger partial charge on any atom is 0.493 e. The number of allylic oxidation sites excluding steroid dienone is 3. The lowest BCUT2D eigenvalue weighted by molar-refractivity contribution is 0.335. The number of rotatable bonds is 3. The fourth-order valence-corrected chi connectivity index (χ4v) is 0.446. The number of halogens is 1. The van der Waals surface area contributed by atoms with Crippen LogP contribution in [0.4, 0.5) is 4.39 Å². The zero-order valence-corrected chi connectivity index (χ0v) is 6.10. The minimum atomic E-state index is -1.24. The first kappa shape index (κ1) is 9.39. The van der Waals surface area contributed by atoms with Crippen molar-refractivity contribution in [1.29, 1.82) is 0 Å². The molecule has 0 amide bonds. The van der Waals surface area contributed by atoms with Gasteiger partial charge in [0.25, 0.3) is 0 Å². The van der Waals surface area contributed by atoms with Crippen LogP contribution in [0.25, 0.3) is 0 Å². The Bertz CT molecular complexity index is 156. The van der Waals surface area contributed by atoms with Gasteiger partial charge < -0.3 is 9.68 Å². The van der Waals surface area contributed by atoms with Crippen molar-refractivity contribution in [3.05, 3.63) is 24.0 Å². The molecule has 0 aliphatic heterocycles. The third kappa shape index (κ3) is 2.33. The molecule has 0 fully saturated rings. The molecule has 0 saturated carbocycles. The van der Waals surface area contributed by atoms with Gasteiger partial charge in [0, 0.05) is 12.6 Å². The van der Waals surface area contributed by atoms with Gasteiger partial charge in [-0.3, -0.25) is 0 Å². The average Bonchev–Trinajstić information content (AvgIpc) is 2.00. The first-order valence-corrected chi connectivity index (χ1v) is 2.85. The topological polar surface area (TPSA) is 29.5 Å². The van der Waals surface area contributed by atoms with Crippen LogP contribution >= 0.6 is 0 Å². The van der Waals surface area contributed by atoms with E-state index in [-0.39, 0.29) is 5.47 Å². The Morgan fingerprint density at radius 1 is 1.80 bits per heavy atom. The van der Waals surface area contributed by atoms with Crippen LogP contribution in [0, 0.1) is 0 Å². The van der Waals surface area contributed by atoms with Crippen LogP contribution in [0.2, 0.25) is 0 Å². The van der Waals surface area contributed by atoms with E-state index in [1.54, 1.807) is 0 Å². The van der Waals surface area contributed by atoms with E-state index in [2.05, 4.69) is 11.2 Å². The molecule has 56 valence electrons. The van der Waals surface area contributed by atoms with Gasteiger partial charge in [0.15, 0.2) is 0 Å². The fraction of sp³-hybridized carbons (Fsp3) is 0.333. The first-order valence-electron chi connectivity index (χ1n) is 2.85. The Hall–Kier alpha value is -0.605. The molecule has 0 aromatic carbocycles. The largest absolute Gasteiger partial charge is 0.493 e. The van der Waals surface area contributed by atoms with Gasteiger partial charge in [0.2, 0.25) is 0 Å². The summed E-state index contributed by atoms with van der Waals surface area (Å²) in [6, 6.07) is 0. The smallest absolute Gasteiger partial charge is 0.423 e. The van der Waals surface area contributed by atoms with Crippen molar-refractivity contribution >= 4 is 7.12 Å². The summed E-state index contributed by atoms with van der Waals surface area (Å²) in [4.78, 5) is 0. The Labute approximate surface area is 60.2 Å². The van der Waals surface area contributed by atoms with Gasteiger partial charge in [-0.15, -0.1) is 0 Å². The summed E-state index contributed by atoms with van der Waals surface area (Å²) in [5.74, 6) is -0.547. The lowest BCUT2D eigenvalue weighted by atomic mass is 9.79. The summed E-state index contributed by atoms with van der Waals surface area (Å²) in [5.41, 5.74) is -0.0509. The summed E-state index contributed by atoms with van der Waals surface area (Å²) in [7, 11) is 0.0369. The van der Waals surface area contributed by atoms with Crippen LogP contribution in [0.3, 0.4) is 0 Å². The average molecular weight is 144 g/mol. The molecule has 0 atom stereocenters. The maximum absolute atomic E-state index is 12.5. The zero-order valence-electron chi connectivity index (χ0n) is 6.10. The van der Waals surface area contributed by atoms with Crippen LogP contribution in [-0.4, -0.2) is 19.3 Å². The molecule has 0 rings (SSSR count). The molecule has 1 N–H and O–H groups in total. The second-order valence-corrected chi connectivity index (χ2v) is 1.75. The van der Waals surface area contributed by atoms with Gasteiger partial charge in [-0.25, -0.2) is 4.39 Å². The Kier molecular flexibility index (Phi) is 3.99.